The van der Waals surface area contributed by atoms with Crippen LogP contribution < -0.4 is 10.1 Å². The van der Waals surface area contributed by atoms with Crippen LogP contribution in [0, 0.1) is 11.7 Å². The lowest BCUT2D eigenvalue weighted by Crippen LogP contribution is -2.40. The maximum Gasteiger partial charge on any atom is 0.309 e. The van der Waals surface area contributed by atoms with E-state index in [9.17, 15) is 22.4 Å². The molecule has 0 radical (unpaired) electrons. The molecule has 0 bridgehead atoms. The summed E-state index contributed by atoms with van der Waals surface area (Å²) in [5.41, 5.74) is 0.201. The highest BCUT2D eigenvalue weighted by Crippen LogP contribution is 2.26. The average Bonchev–Trinajstić information content (AvgIpc) is 2.80. The number of anilines is 1. The molecule has 1 aliphatic rings. The van der Waals surface area contributed by atoms with Gasteiger partial charge in [-0.1, -0.05) is 11.6 Å². The molecule has 1 aliphatic heterocycles. The molecule has 2 aromatic carbocycles. The van der Waals surface area contributed by atoms with Gasteiger partial charge >= 0.3 is 5.97 Å². The lowest BCUT2D eigenvalue weighted by molar-refractivity contribution is -0.152. The van der Waals surface area contributed by atoms with Gasteiger partial charge in [0.05, 0.1) is 28.1 Å². The van der Waals surface area contributed by atoms with Crippen LogP contribution in [0.3, 0.4) is 0 Å². The Balaban J connectivity index is 1.48. The summed E-state index contributed by atoms with van der Waals surface area (Å²) in [7, 11) is -3.69. The van der Waals surface area contributed by atoms with Crippen molar-refractivity contribution in [3.8, 4) is 5.75 Å². The van der Waals surface area contributed by atoms with Crippen molar-refractivity contribution in [3.05, 3.63) is 53.3 Å². The Morgan fingerprint density at radius 1 is 1.15 bits per heavy atom. The maximum absolute atomic E-state index is 13.1. The number of benzene rings is 2. The molecule has 0 unspecified atom stereocenters. The molecule has 0 aliphatic carbocycles. The molecule has 11 heteroatoms. The van der Waals surface area contributed by atoms with E-state index in [2.05, 4.69) is 5.32 Å². The Labute approximate surface area is 196 Å². The topological polar surface area (TPSA) is 102 Å². The molecule has 178 valence electrons. The summed E-state index contributed by atoms with van der Waals surface area (Å²) in [6.45, 7) is 2.11. The van der Waals surface area contributed by atoms with Gasteiger partial charge in [-0.2, -0.15) is 4.31 Å². The van der Waals surface area contributed by atoms with Gasteiger partial charge in [-0.3, -0.25) is 9.59 Å². The van der Waals surface area contributed by atoms with E-state index in [1.165, 1.54) is 22.5 Å². The second kappa shape index (κ2) is 11.0. The number of piperidine rings is 1. The number of esters is 1. The van der Waals surface area contributed by atoms with Crippen molar-refractivity contribution in [1.82, 2.24) is 4.31 Å². The van der Waals surface area contributed by atoms with Crippen molar-refractivity contribution in [3.63, 3.8) is 0 Å². The molecule has 3 rings (SSSR count). The Hall–Kier alpha value is -2.69. The van der Waals surface area contributed by atoms with Gasteiger partial charge in [-0.25, -0.2) is 12.8 Å². The molecule has 8 nitrogen and oxygen atoms in total. The van der Waals surface area contributed by atoms with Crippen molar-refractivity contribution >= 4 is 39.2 Å². The number of hydrogen-bond acceptors (Lipinski definition) is 6. The first-order valence-corrected chi connectivity index (χ1v) is 12.2. The number of nitrogens with zero attached hydrogens (tertiary/aromatic N) is 1. The Morgan fingerprint density at radius 2 is 1.82 bits per heavy atom. The molecule has 1 amide bonds. The van der Waals surface area contributed by atoms with E-state index >= 15 is 0 Å². The molecule has 1 saturated heterocycles. The van der Waals surface area contributed by atoms with E-state index in [0.29, 0.717) is 12.4 Å². The molecule has 0 aromatic heterocycles. The molecular formula is C22H24ClFN2O6S. The van der Waals surface area contributed by atoms with E-state index in [-0.39, 0.29) is 41.5 Å². The summed E-state index contributed by atoms with van der Waals surface area (Å²) in [4.78, 5) is 24.5. The molecule has 0 saturated carbocycles. The number of ether oxygens (including phenoxy) is 2. The van der Waals surface area contributed by atoms with E-state index in [1.807, 2.05) is 6.92 Å². The Kier molecular flexibility index (Phi) is 8.28. The van der Waals surface area contributed by atoms with Crippen molar-refractivity contribution < 1.29 is 31.9 Å². The molecular weight excluding hydrogens is 475 g/mol. The van der Waals surface area contributed by atoms with Gasteiger partial charge in [-0.05, 0) is 62.2 Å². The van der Waals surface area contributed by atoms with Crippen LogP contribution in [0.4, 0.5) is 10.1 Å². The number of nitrogens with one attached hydrogen (secondary N) is 1. The van der Waals surface area contributed by atoms with Gasteiger partial charge in [0, 0.05) is 13.1 Å². The van der Waals surface area contributed by atoms with E-state index in [0.717, 1.165) is 12.1 Å². The third-order valence-corrected chi connectivity index (χ3v) is 7.34. The predicted octanol–water partition coefficient (Wildman–Crippen LogP) is 3.46. The smallest absolute Gasteiger partial charge is 0.309 e. The second-order valence-electron chi connectivity index (χ2n) is 7.36. The first-order chi connectivity index (χ1) is 15.7. The Morgan fingerprint density at radius 3 is 2.42 bits per heavy atom. The number of hydrogen-bond donors (Lipinski definition) is 1. The predicted molar refractivity (Wildman–Crippen MR) is 120 cm³/mol. The lowest BCUT2D eigenvalue weighted by atomic mass is 9.98. The lowest BCUT2D eigenvalue weighted by Gasteiger charge is -2.30. The second-order valence-corrected chi connectivity index (χ2v) is 9.71. The van der Waals surface area contributed by atoms with Crippen LogP contribution in [0.1, 0.15) is 19.8 Å². The summed E-state index contributed by atoms with van der Waals surface area (Å²) in [5.74, 6) is -1.66. The van der Waals surface area contributed by atoms with E-state index in [1.54, 1.807) is 12.1 Å². The van der Waals surface area contributed by atoms with Gasteiger partial charge in [0.25, 0.3) is 5.91 Å². The summed E-state index contributed by atoms with van der Waals surface area (Å²) in [6, 6.07) is 9.69. The number of carbonyl (C=O) groups excluding carboxylic acids is 2. The summed E-state index contributed by atoms with van der Waals surface area (Å²) >= 11 is 5.85. The van der Waals surface area contributed by atoms with Crippen molar-refractivity contribution in [2.24, 2.45) is 5.92 Å². The molecule has 0 atom stereocenters. The highest BCUT2D eigenvalue weighted by Gasteiger charge is 2.33. The van der Waals surface area contributed by atoms with E-state index in [4.69, 9.17) is 21.1 Å². The third-order valence-electron chi connectivity index (χ3n) is 5.11. The van der Waals surface area contributed by atoms with Crippen LogP contribution in [-0.4, -0.2) is 50.9 Å². The van der Waals surface area contributed by atoms with Crippen LogP contribution in [0.15, 0.2) is 47.4 Å². The first-order valence-electron chi connectivity index (χ1n) is 10.3. The molecule has 1 N–H and O–H groups in total. The van der Waals surface area contributed by atoms with Gasteiger partial charge < -0.3 is 14.8 Å². The third kappa shape index (κ3) is 6.43. The SMILES string of the molecule is CCOc1ccc(S(=O)(=O)N2CCC(C(=O)OCC(=O)Nc3ccc(F)cc3Cl)CC2)cc1. The zero-order chi connectivity index (χ0) is 24.0. The number of carbonyl (C=O) groups is 2. The monoisotopic (exact) mass is 498 g/mol. The molecule has 0 spiro atoms. The fourth-order valence-corrected chi connectivity index (χ4v) is 5.07. The first kappa shape index (κ1) is 24.9. The normalized spacial score (nSPS) is 15.1. The summed E-state index contributed by atoms with van der Waals surface area (Å²) in [6.07, 6.45) is 0.557. The zero-order valence-corrected chi connectivity index (χ0v) is 19.5. The number of halogens is 2. The minimum absolute atomic E-state index is 0.0239. The number of amides is 1. The molecule has 33 heavy (non-hydrogen) atoms. The highest BCUT2D eigenvalue weighted by molar-refractivity contribution is 7.89. The fraction of sp³-hybridized carbons (Fsp3) is 0.364. The minimum atomic E-state index is -3.69. The quantitative estimate of drug-likeness (QED) is 0.559. The summed E-state index contributed by atoms with van der Waals surface area (Å²) < 4.78 is 50.5. The fourth-order valence-electron chi connectivity index (χ4n) is 3.39. The van der Waals surface area contributed by atoms with Crippen LogP contribution in [0.5, 0.6) is 5.75 Å². The number of sulfonamides is 1. The van der Waals surface area contributed by atoms with E-state index < -0.39 is 40.2 Å². The van der Waals surface area contributed by atoms with Gasteiger partial charge in [0.1, 0.15) is 11.6 Å². The van der Waals surface area contributed by atoms with Crippen LogP contribution >= 0.6 is 11.6 Å². The van der Waals surface area contributed by atoms with Crippen LogP contribution in [0.2, 0.25) is 5.02 Å². The zero-order valence-electron chi connectivity index (χ0n) is 17.9. The average molecular weight is 499 g/mol. The van der Waals surface area contributed by atoms with Crippen LogP contribution in [0.25, 0.3) is 0 Å². The van der Waals surface area contributed by atoms with Gasteiger partial charge in [-0.15, -0.1) is 0 Å². The highest BCUT2D eigenvalue weighted by atomic mass is 35.5. The van der Waals surface area contributed by atoms with Crippen LogP contribution in [-0.2, 0) is 24.3 Å². The Bertz CT molecular complexity index is 1100. The standard InChI is InChI=1S/C22H24ClFN2O6S/c1-2-31-17-4-6-18(7-5-17)33(29,30)26-11-9-15(10-12-26)22(28)32-14-21(27)25-20-8-3-16(24)13-19(20)23/h3-8,13,15H,2,9-12,14H2,1H3,(H,25,27). The summed E-state index contributed by atoms with van der Waals surface area (Å²) in [5, 5.41) is 2.47. The maximum atomic E-state index is 13.1. The van der Waals surface area contributed by atoms with Gasteiger partial charge in [0.15, 0.2) is 6.61 Å². The van der Waals surface area contributed by atoms with Crippen molar-refractivity contribution in [2.75, 3.05) is 31.6 Å². The minimum Gasteiger partial charge on any atom is -0.494 e. The number of rotatable bonds is 8. The van der Waals surface area contributed by atoms with Gasteiger partial charge in [0.2, 0.25) is 10.0 Å². The largest absolute Gasteiger partial charge is 0.494 e. The molecule has 1 fully saturated rings. The molecule has 1 heterocycles. The molecule has 2 aromatic rings. The van der Waals surface area contributed by atoms with Crippen molar-refractivity contribution in [1.29, 1.82) is 0 Å². The van der Waals surface area contributed by atoms with Crippen molar-refractivity contribution in [2.45, 2.75) is 24.7 Å².